The Kier molecular flexibility index (Phi) is 13.3. The molecule has 10 aliphatic carbocycles. The van der Waals surface area contributed by atoms with Crippen LogP contribution in [0.25, 0.3) is 59.9 Å². The molecule has 0 radical (unpaired) electrons. The van der Waals surface area contributed by atoms with E-state index in [0.29, 0.717) is 28.1 Å². The van der Waals surface area contributed by atoms with Gasteiger partial charge in [-0.15, -0.1) is 0 Å². The van der Waals surface area contributed by atoms with Crippen molar-refractivity contribution in [3.05, 3.63) is 124 Å². The zero-order valence-corrected chi connectivity index (χ0v) is 49.8. The highest BCUT2D eigenvalue weighted by molar-refractivity contribution is 6.24. The van der Waals surface area contributed by atoms with Gasteiger partial charge in [-0.2, -0.15) is 0 Å². The molecule has 0 aromatic heterocycles. The number of benzene rings is 7. The van der Waals surface area contributed by atoms with Crippen LogP contribution in [0.5, 0.6) is 0 Å². The van der Waals surface area contributed by atoms with Gasteiger partial charge in [0.25, 0.3) is 0 Å². The Morgan fingerprint density at radius 1 is 0.456 bits per heavy atom. The maximum absolute atomic E-state index is 4.55. The lowest BCUT2D eigenvalue weighted by molar-refractivity contribution is -0.00749. The van der Waals surface area contributed by atoms with E-state index in [1.807, 2.05) is 0 Å². The first kappa shape index (κ1) is 51.7. The van der Waals surface area contributed by atoms with Crippen LogP contribution in [-0.4, -0.2) is 0 Å². The van der Waals surface area contributed by atoms with Crippen molar-refractivity contribution in [3.8, 4) is 0 Å². The van der Waals surface area contributed by atoms with Crippen LogP contribution in [0.15, 0.2) is 85.4 Å². The quantitative estimate of drug-likeness (QED) is 0.0630. The van der Waals surface area contributed by atoms with Gasteiger partial charge in [-0.25, -0.2) is 0 Å². The number of unbranched alkanes of at least 4 members (excludes halogenated alkanes) is 6. The lowest BCUT2D eigenvalue weighted by atomic mass is 9.48. The minimum Gasteiger partial charge on any atom is -0.0984 e. The molecule has 1 unspecified atom stereocenters. The van der Waals surface area contributed by atoms with Crippen LogP contribution < -0.4 is 0 Å². The molecule has 0 saturated heterocycles. The standard InChI is InChI=1S/C79H98/c1-6-9-11-13-27-79(28-14-12-10-7-2,65-19-15-17-59(38-65)64-29-50(4)69-24-21-61-40-67(37-58(8-3)74(61)73(69)43-64)77-44-52-31-53(45-77)33-54(32-52)46-77)66-20-16-18-60(39-66)72-30-51(5)70-25-22-62-41-68(42-63-23-26-71(72)76(70)75(62)63)78-47-55-34-56(48-78)36-57(35-55)49-78/h8,21-26,29-30,37,40-43,52-57,59-60,65-66H,3,6-7,9-20,27-28,31-36,38-39,44-49H2,1-2,4-5H3/t52?,53?,54?,55?,56?,57?,59?,60-,65-,66+,77?,78?/m0/s1. The minimum absolute atomic E-state index is 0.390. The minimum atomic E-state index is 0.390. The van der Waals surface area contributed by atoms with E-state index in [1.54, 1.807) is 38.4 Å². The maximum atomic E-state index is 4.55. The predicted octanol–water partition coefficient (Wildman–Crippen LogP) is 23.3. The number of aryl methyl sites for hydroxylation is 2. The van der Waals surface area contributed by atoms with Crippen LogP contribution in [0, 0.1) is 66.6 Å². The van der Waals surface area contributed by atoms with Gasteiger partial charge in [-0.3, -0.25) is 0 Å². The molecule has 10 aliphatic rings. The average molecular weight is 1050 g/mol. The summed E-state index contributed by atoms with van der Waals surface area (Å²) in [6.45, 7) is 14.3. The third-order valence-electron chi connectivity index (χ3n) is 25.7. The number of fused-ring (bicyclic) bond motifs is 3. The zero-order chi connectivity index (χ0) is 53.2. The predicted molar refractivity (Wildman–Crippen MR) is 340 cm³/mol. The Balaban J connectivity index is 0.775. The Labute approximate surface area is 477 Å². The maximum Gasteiger partial charge on any atom is -0.00213 e. The third-order valence-corrected chi connectivity index (χ3v) is 25.7. The van der Waals surface area contributed by atoms with Crippen LogP contribution in [0.1, 0.15) is 257 Å². The SMILES string of the molecule is C=Cc1cc(C23CC4CC(CC(C4)C2)C3)cc2ccc3c(C)cc(C4CCC[C@H](C(CCCCCC)(CCCCCC)[C@@H]5CCC[C@H](c6cc(C)c7ccc8cc(C9%10CC%11CC(CC(C%11)C9)C%10)cc9ccc6c7c89)C5)C4)cc3c12. The Morgan fingerprint density at radius 3 is 1.48 bits per heavy atom. The zero-order valence-electron chi connectivity index (χ0n) is 49.8. The normalized spacial score (nSPS) is 32.2. The van der Waals surface area contributed by atoms with E-state index in [-0.39, 0.29) is 0 Å². The van der Waals surface area contributed by atoms with Gasteiger partial charge in [0.15, 0.2) is 0 Å². The molecular formula is C79H98. The van der Waals surface area contributed by atoms with Gasteiger partial charge in [0.1, 0.15) is 0 Å². The Morgan fingerprint density at radius 2 is 0.937 bits per heavy atom. The topological polar surface area (TPSA) is 0 Å². The van der Waals surface area contributed by atoms with Crippen molar-refractivity contribution in [2.45, 2.75) is 243 Å². The molecule has 8 bridgehead atoms. The molecule has 0 heterocycles. The molecule has 0 nitrogen and oxygen atoms in total. The summed E-state index contributed by atoms with van der Waals surface area (Å²) < 4.78 is 0. The molecule has 7 aromatic carbocycles. The van der Waals surface area contributed by atoms with Gasteiger partial charge in [-0.05, 0) is 310 Å². The first-order valence-electron chi connectivity index (χ1n) is 34.0. The lowest BCUT2D eigenvalue weighted by Crippen LogP contribution is -2.48. The smallest absolute Gasteiger partial charge is 0.00213 e. The van der Waals surface area contributed by atoms with Gasteiger partial charge in [0.05, 0.1) is 0 Å². The number of hydrogen-bond donors (Lipinski definition) is 0. The molecule has 79 heavy (non-hydrogen) atoms. The highest BCUT2D eigenvalue weighted by Gasteiger charge is 2.54. The largest absolute Gasteiger partial charge is 0.0984 e. The summed E-state index contributed by atoms with van der Waals surface area (Å²) in [4.78, 5) is 0. The molecule has 414 valence electrons. The highest BCUT2D eigenvalue weighted by Crippen LogP contribution is 2.64. The molecule has 10 fully saturated rings. The molecule has 4 atom stereocenters. The fourth-order valence-electron chi connectivity index (χ4n) is 23.0. The fraction of sp³-hybridized carbons (Fsp3) is 0.595. The van der Waals surface area contributed by atoms with Crippen LogP contribution in [0.4, 0.5) is 0 Å². The molecule has 0 spiro atoms. The number of hydrogen-bond acceptors (Lipinski definition) is 0. The average Bonchev–Trinajstić information content (AvgIpc) is 3.62. The summed E-state index contributed by atoms with van der Waals surface area (Å²) in [7, 11) is 0. The van der Waals surface area contributed by atoms with Crippen molar-refractivity contribution < 1.29 is 0 Å². The van der Waals surface area contributed by atoms with E-state index in [9.17, 15) is 0 Å². The van der Waals surface area contributed by atoms with Gasteiger partial charge in [0.2, 0.25) is 0 Å². The molecule has 17 rings (SSSR count). The van der Waals surface area contributed by atoms with Gasteiger partial charge >= 0.3 is 0 Å². The van der Waals surface area contributed by atoms with Crippen molar-refractivity contribution in [1.29, 1.82) is 0 Å². The van der Waals surface area contributed by atoms with Crippen molar-refractivity contribution in [1.82, 2.24) is 0 Å². The van der Waals surface area contributed by atoms with Crippen LogP contribution in [0.3, 0.4) is 0 Å². The summed E-state index contributed by atoms with van der Waals surface area (Å²) in [5.41, 5.74) is 12.3. The molecule has 7 aromatic rings. The second-order valence-electron chi connectivity index (χ2n) is 30.4. The van der Waals surface area contributed by atoms with Crippen molar-refractivity contribution >= 4 is 59.9 Å². The summed E-state index contributed by atoms with van der Waals surface area (Å²) in [5, 5.41) is 15.1. The Hall–Kier alpha value is -4.16. The second kappa shape index (κ2) is 20.3. The van der Waals surface area contributed by atoms with E-state index >= 15 is 0 Å². The molecule has 0 aliphatic heterocycles. The molecule has 10 saturated carbocycles. The van der Waals surface area contributed by atoms with E-state index in [1.165, 1.54) is 247 Å². The summed E-state index contributed by atoms with van der Waals surface area (Å²) in [6, 6.07) is 34.1. The lowest BCUT2D eigenvalue weighted by Gasteiger charge is -2.57. The monoisotopic (exact) mass is 1050 g/mol. The van der Waals surface area contributed by atoms with Gasteiger partial charge in [-0.1, -0.05) is 170 Å². The van der Waals surface area contributed by atoms with Gasteiger partial charge in [0, 0.05) is 0 Å². The number of rotatable bonds is 17. The van der Waals surface area contributed by atoms with Crippen molar-refractivity contribution in [2.24, 2.45) is 52.8 Å². The Bertz CT molecular complexity index is 3330. The first-order chi connectivity index (χ1) is 38.6. The first-order valence-corrected chi connectivity index (χ1v) is 34.0. The molecule has 0 N–H and O–H groups in total. The second-order valence-corrected chi connectivity index (χ2v) is 30.4. The highest BCUT2D eigenvalue weighted by atomic mass is 14.6. The van der Waals surface area contributed by atoms with Crippen molar-refractivity contribution in [2.75, 3.05) is 0 Å². The molecule has 0 heteroatoms. The molecular weight excluding hydrogens is 949 g/mol. The van der Waals surface area contributed by atoms with Gasteiger partial charge < -0.3 is 0 Å². The van der Waals surface area contributed by atoms with Crippen LogP contribution in [0.2, 0.25) is 0 Å². The summed E-state index contributed by atoms with van der Waals surface area (Å²) >= 11 is 0. The third kappa shape index (κ3) is 8.74. The van der Waals surface area contributed by atoms with E-state index in [2.05, 4.69) is 119 Å². The molecule has 0 amide bonds. The van der Waals surface area contributed by atoms with E-state index in [0.717, 1.165) is 47.3 Å². The van der Waals surface area contributed by atoms with Crippen LogP contribution >= 0.6 is 0 Å². The fourth-order valence-corrected chi connectivity index (χ4v) is 23.0. The summed E-state index contributed by atoms with van der Waals surface area (Å²) in [5.74, 6) is 8.61. The van der Waals surface area contributed by atoms with E-state index < -0.39 is 0 Å². The van der Waals surface area contributed by atoms with Crippen molar-refractivity contribution in [3.63, 3.8) is 0 Å². The summed E-state index contributed by atoms with van der Waals surface area (Å²) in [6.07, 6.45) is 45.0. The van der Waals surface area contributed by atoms with Crippen LogP contribution in [-0.2, 0) is 10.8 Å². The van der Waals surface area contributed by atoms with E-state index in [4.69, 9.17) is 0 Å².